The Morgan fingerprint density at radius 3 is 2.32 bits per heavy atom. The number of aromatic nitrogens is 2. The van der Waals surface area contributed by atoms with Crippen LogP contribution in [0.2, 0.25) is 0 Å². The quantitative estimate of drug-likeness (QED) is 0.291. The lowest BCUT2D eigenvalue weighted by atomic mass is 9.90. The molecule has 0 atom stereocenters. The van der Waals surface area contributed by atoms with Crippen molar-refractivity contribution in [1.29, 1.82) is 0 Å². The molecule has 8 nitrogen and oxygen atoms in total. The lowest BCUT2D eigenvalue weighted by Gasteiger charge is -2.32. The highest BCUT2D eigenvalue weighted by Crippen LogP contribution is 2.25. The van der Waals surface area contributed by atoms with Gasteiger partial charge in [-0.1, -0.05) is 60.7 Å². The number of anilines is 1. The maximum Gasteiger partial charge on any atom is 0.268 e. The molecule has 1 fully saturated rings. The van der Waals surface area contributed by atoms with Crippen LogP contribution in [-0.2, 0) is 29.3 Å². The molecule has 0 saturated carbocycles. The molecule has 3 aromatic carbocycles. The molecule has 0 aliphatic carbocycles. The largest absolute Gasteiger partial charge is 0.497 e. The van der Waals surface area contributed by atoms with Gasteiger partial charge in [0.15, 0.2) is 0 Å². The van der Waals surface area contributed by atoms with Crippen LogP contribution in [0, 0.1) is 5.92 Å². The van der Waals surface area contributed by atoms with E-state index in [1.165, 1.54) is 23.9 Å². The fraction of sp³-hybridized carbons (Fsp3) is 0.281. The minimum Gasteiger partial charge on any atom is -0.497 e. The van der Waals surface area contributed by atoms with Crippen molar-refractivity contribution in [3.05, 3.63) is 114 Å². The zero-order valence-electron chi connectivity index (χ0n) is 23.1. The number of sulfonamides is 1. The van der Waals surface area contributed by atoms with Gasteiger partial charge in [-0.2, -0.15) is 0 Å². The molecule has 4 aromatic rings. The van der Waals surface area contributed by atoms with Crippen LogP contribution in [0.25, 0.3) is 0 Å². The molecule has 1 aromatic heterocycles. The van der Waals surface area contributed by atoms with Gasteiger partial charge in [0, 0.05) is 19.3 Å². The molecule has 9 heteroatoms. The highest BCUT2D eigenvalue weighted by Gasteiger charge is 2.25. The van der Waals surface area contributed by atoms with Gasteiger partial charge in [-0.3, -0.25) is 4.79 Å². The summed E-state index contributed by atoms with van der Waals surface area (Å²) in [5, 5.41) is 0. The molecular weight excluding hydrogens is 536 g/mol. The first-order valence-corrected chi connectivity index (χ1v) is 15.3. The zero-order valence-corrected chi connectivity index (χ0v) is 23.9. The summed E-state index contributed by atoms with van der Waals surface area (Å²) in [6.45, 7) is 1.64. The van der Waals surface area contributed by atoms with E-state index in [1.54, 1.807) is 25.3 Å². The van der Waals surface area contributed by atoms with Gasteiger partial charge in [-0.05, 0) is 73.4 Å². The Labute approximate surface area is 241 Å². The summed E-state index contributed by atoms with van der Waals surface area (Å²) in [6, 6.07) is 26.1. The molecule has 1 saturated heterocycles. The number of rotatable bonds is 10. The number of carbonyl (C=O) groups excluding carboxylic acids is 1. The highest BCUT2D eigenvalue weighted by atomic mass is 32.2. The molecule has 5 rings (SSSR count). The summed E-state index contributed by atoms with van der Waals surface area (Å²) in [5.41, 5.74) is 3.03. The monoisotopic (exact) mass is 570 g/mol. The third kappa shape index (κ3) is 7.29. The summed E-state index contributed by atoms with van der Waals surface area (Å²) in [4.78, 5) is 24.8. The number of aryl methyl sites for hydroxylation is 2. The predicted molar refractivity (Wildman–Crippen MR) is 159 cm³/mol. The predicted octanol–water partition coefficient (Wildman–Crippen LogP) is 4.85. The van der Waals surface area contributed by atoms with Crippen molar-refractivity contribution in [2.24, 2.45) is 5.92 Å². The van der Waals surface area contributed by atoms with Crippen LogP contribution >= 0.6 is 0 Å². The standard InChI is InChI=1S/C32H34N4O4S/c1-40-27-12-8-11-25(22-27)15-16-30-29(31(37)35-41(38,39)28-13-6-3-7-14-28)23-33-32(34-30)36-19-17-26(18-20-36)21-24-9-4-2-5-10-24/h2-14,22-23,26H,15-21H2,1H3,(H,35,37). The average Bonchev–Trinajstić information content (AvgIpc) is 3.01. The van der Waals surface area contributed by atoms with E-state index in [0.717, 1.165) is 43.7 Å². The number of nitrogens with one attached hydrogen (secondary N) is 1. The Kier molecular flexibility index (Phi) is 8.94. The molecule has 0 radical (unpaired) electrons. The second kappa shape index (κ2) is 13.0. The molecule has 2 heterocycles. The van der Waals surface area contributed by atoms with Gasteiger partial charge in [0.05, 0.1) is 23.3 Å². The molecule has 1 N–H and O–H groups in total. The maximum atomic E-state index is 13.3. The van der Waals surface area contributed by atoms with E-state index in [1.807, 2.05) is 30.3 Å². The molecule has 0 unspecified atom stereocenters. The average molecular weight is 571 g/mol. The van der Waals surface area contributed by atoms with E-state index in [-0.39, 0.29) is 10.5 Å². The van der Waals surface area contributed by atoms with Crippen LogP contribution in [-0.4, -0.2) is 44.5 Å². The smallest absolute Gasteiger partial charge is 0.268 e. The Balaban J connectivity index is 1.34. The number of benzene rings is 3. The van der Waals surface area contributed by atoms with Crippen LogP contribution in [0.3, 0.4) is 0 Å². The summed E-state index contributed by atoms with van der Waals surface area (Å²) in [6.07, 6.45) is 5.58. The minimum atomic E-state index is -4.05. The molecule has 212 valence electrons. The van der Waals surface area contributed by atoms with Crippen molar-refractivity contribution >= 4 is 21.9 Å². The number of hydrogen-bond acceptors (Lipinski definition) is 7. The summed E-state index contributed by atoms with van der Waals surface area (Å²) >= 11 is 0. The molecule has 1 amide bonds. The second-order valence-electron chi connectivity index (χ2n) is 10.2. The van der Waals surface area contributed by atoms with Gasteiger partial charge in [0.1, 0.15) is 5.75 Å². The van der Waals surface area contributed by atoms with E-state index in [2.05, 4.69) is 38.9 Å². The maximum absolute atomic E-state index is 13.3. The fourth-order valence-electron chi connectivity index (χ4n) is 5.15. The molecular formula is C32H34N4O4S. The van der Waals surface area contributed by atoms with E-state index >= 15 is 0 Å². The SMILES string of the molecule is COc1cccc(CCc2nc(N3CCC(Cc4ccccc4)CC3)ncc2C(=O)NS(=O)(=O)c2ccccc2)c1. The van der Waals surface area contributed by atoms with Crippen LogP contribution in [0.1, 0.15) is 40.0 Å². The van der Waals surface area contributed by atoms with Gasteiger partial charge in [-0.25, -0.2) is 23.1 Å². The summed E-state index contributed by atoms with van der Waals surface area (Å²) in [7, 11) is -2.43. The Morgan fingerprint density at radius 2 is 1.61 bits per heavy atom. The van der Waals surface area contributed by atoms with Crippen molar-refractivity contribution in [3.8, 4) is 5.75 Å². The highest BCUT2D eigenvalue weighted by molar-refractivity contribution is 7.90. The van der Waals surface area contributed by atoms with Crippen molar-refractivity contribution in [2.45, 2.75) is 37.0 Å². The van der Waals surface area contributed by atoms with Gasteiger partial charge in [0.25, 0.3) is 15.9 Å². The first-order chi connectivity index (χ1) is 19.9. The first-order valence-electron chi connectivity index (χ1n) is 13.8. The summed E-state index contributed by atoms with van der Waals surface area (Å²) in [5.74, 6) is 1.15. The third-order valence-corrected chi connectivity index (χ3v) is 8.78. The number of nitrogens with zero attached hydrogens (tertiary/aromatic N) is 3. The number of ether oxygens (including phenoxy) is 1. The second-order valence-corrected chi connectivity index (χ2v) is 11.9. The van der Waals surface area contributed by atoms with E-state index in [4.69, 9.17) is 9.72 Å². The molecule has 0 bridgehead atoms. The molecule has 41 heavy (non-hydrogen) atoms. The van der Waals surface area contributed by atoms with Crippen molar-refractivity contribution < 1.29 is 17.9 Å². The normalized spacial score (nSPS) is 14.0. The number of amides is 1. The van der Waals surface area contributed by atoms with E-state index in [9.17, 15) is 13.2 Å². The van der Waals surface area contributed by atoms with E-state index in [0.29, 0.717) is 30.4 Å². The topological polar surface area (TPSA) is 101 Å². The van der Waals surface area contributed by atoms with Crippen molar-refractivity contribution in [3.63, 3.8) is 0 Å². The molecule has 1 aliphatic heterocycles. The van der Waals surface area contributed by atoms with E-state index < -0.39 is 15.9 Å². The number of methoxy groups -OCH3 is 1. The lowest BCUT2D eigenvalue weighted by molar-refractivity contribution is 0.0979. The molecule has 1 aliphatic rings. The van der Waals surface area contributed by atoms with Gasteiger partial charge in [-0.15, -0.1) is 0 Å². The molecule has 0 spiro atoms. The lowest BCUT2D eigenvalue weighted by Crippen LogP contribution is -2.36. The van der Waals surface area contributed by atoms with Crippen molar-refractivity contribution in [2.75, 3.05) is 25.1 Å². The van der Waals surface area contributed by atoms with Crippen LogP contribution < -0.4 is 14.4 Å². The fourth-order valence-corrected chi connectivity index (χ4v) is 6.14. The van der Waals surface area contributed by atoms with Gasteiger partial charge < -0.3 is 9.64 Å². The van der Waals surface area contributed by atoms with Crippen LogP contribution in [0.5, 0.6) is 5.75 Å². The van der Waals surface area contributed by atoms with Gasteiger partial charge >= 0.3 is 0 Å². The summed E-state index contributed by atoms with van der Waals surface area (Å²) < 4.78 is 33.3. The Morgan fingerprint density at radius 1 is 0.927 bits per heavy atom. The van der Waals surface area contributed by atoms with Gasteiger partial charge in [0.2, 0.25) is 5.95 Å². The Hall–Kier alpha value is -4.24. The van der Waals surface area contributed by atoms with Crippen LogP contribution in [0.4, 0.5) is 5.95 Å². The van der Waals surface area contributed by atoms with Crippen molar-refractivity contribution in [1.82, 2.24) is 14.7 Å². The number of piperidine rings is 1. The minimum absolute atomic E-state index is 0.0159. The first kappa shape index (κ1) is 28.3. The van der Waals surface area contributed by atoms with Crippen LogP contribution in [0.15, 0.2) is 96.0 Å². The number of hydrogen-bond donors (Lipinski definition) is 1. The third-order valence-electron chi connectivity index (χ3n) is 7.43. The zero-order chi connectivity index (χ0) is 28.7. The Bertz CT molecular complexity index is 1570. The number of carbonyl (C=O) groups is 1.